The predicted molar refractivity (Wildman–Crippen MR) is 15.4 cm³/mol. The van der Waals surface area contributed by atoms with E-state index in [4.69, 9.17) is 0 Å². The molecule has 0 aliphatic rings. The molecular formula is H3LiPbTeTi. The Morgan fingerprint density at radius 2 is 1.25 bits per heavy atom. The summed E-state index contributed by atoms with van der Waals surface area (Å²) >= 11 is 0. The summed E-state index contributed by atoms with van der Waals surface area (Å²) < 4.78 is 0. The van der Waals surface area contributed by atoms with Crippen molar-refractivity contribution in [3.63, 3.8) is 0 Å². The Bertz CT molecular complexity index is 11.6. The summed E-state index contributed by atoms with van der Waals surface area (Å²) in [6, 6.07) is 0. The predicted octanol–water partition coefficient (Wildman–Crippen LogP) is -4.18. The van der Waals surface area contributed by atoms with Crippen LogP contribution in [0.25, 0.3) is 0 Å². The standard InChI is InChI=1S/Li.Pb.Te.Ti.3H/q+1;;;;;;-1. The molecule has 0 saturated heterocycles. The van der Waals surface area contributed by atoms with Gasteiger partial charge in [-0.15, -0.1) is 0 Å². The van der Waals surface area contributed by atoms with Crippen LogP contribution in [0.15, 0.2) is 0 Å². The van der Waals surface area contributed by atoms with Gasteiger partial charge in [0.05, 0.1) is 0 Å². The smallest absolute Gasteiger partial charge is 0 e. The maximum atomic E-state index is 0. The molecule has 0 aromatic heterocycles. The minimum Gasteiger partial charge on any atom is 0 e. The van der Waals surface area contributed by atoms with Gasteiger partial charge in [-0.2, -0.15) is 0 Å². The van der Waals surface area contributed by atoms with Gasteiger partial charge in [0.1, 0.15) is 0 Å². The molecule has 0 aliphatic heterocycles. The van der Waals surface area contributed by atoms with E-state index in [1.165, 1.54) is 0 Å². The van der Waals surface area contributed by atoms with Gasteiger partial charge in [0.15, 0.2) is 0 Å². The normalized spacial score (nSPS) is 0. The van der Waals surface area contributed by atoms with E-state index >= 15 is 0 Å². The number of rotatable bonds is 0. The Labute approximate surface area is 91.3 Å². The third-order valence-corrected chi connectivity index (χ3v) is 0. The Morgan fingerprint density at radius 1 is 1.25 bits per heavy atom. The quantitative estimate of drug-likeness (QED) is 0.367. The van der Waals surface area contributed by atoms with Crippen molar-refractivity contribution in [1.29, 1.82) is 0 Å². The topological polar surface area (TPSA) is 0 Å². The van der Waals surface area contributed by atoms with Crippen molar-refractivity contribution in [2.24, 2.45) is 0 Å². The molecule has 0 N–H and O–H groups in total. The first-order valence-electron chi connectivity index (χ1n) is 0. The third kappa shape index (κ3) is 8.90. The molecule has 0 heterocycles. The number of hydrogen-bond donors (Lipinski definition) is 0. The van der Waals surface area contributed by atoms with Gasteiger partial charge < -0.3 is 1.43 Å². The van der Waals surface area contributed by atoms with Gasteiger partial charge in [-0.05, 0) is 0 Å². The first-order valence-corrected chi connectivity index (χ1v) is 0. The first kappa shape index (κ1) is 27.9. The maximum Gasteiger partial charge on any atom is 0 e. The van der Waals surface area contributed by atoms with E-state index in [0.29, 0.717) is 0 Å². The van der Waals surface area contributed by atoms with Crippen LogP contribution in [0, 0.1) is 0 Å². The second-order valence-corrected chi connectivity index (χ2v) is 0. The summed E-state index contributed by atoms with van der Waals surface area (Å²) in [6.45, 7) is 0. The fourth-order valence-corrected chi connectivity index (χ4v) is 0. The van der Waals surface area contributed by atoms with Crippen molar-refractivity contribution >= 4 is 51.0 Å². The van der Waals surface area contributed by atoms with E-state index in [-0.39, 0.29) is 93.0 Å². The van der Waals surface area contributed by atoms with Crippen molar-refractivity contribution < 1.29 is 42.0 Å². The van der Waals surface area contributed by atoms with Gasteiger partial charge in [-0.25, -0.2) is 0 Å². The van der Waals surface area contributed by atoms with Crippen LogP contribution in [0.3, 0.4) is 0 Å². The third-order valence-electron chi connectivity index (χ3n) is 0. The van der Waals surface area contributed by atoms with Gasteiger partial charge in [0, 0.05) is 45.4 Å². The second kappa shape index (κ2) is 16.6. The molecule has 4 heteroatoms. The van der Waals surface area contributed by atoms with Crippen molar-refractivity contribution in [1.82, 2.24) is 0 Å². The van der Waals surface area contributed by atoms with Crippen LogP contribution in [-0.2, 0) is 21.7 Å². The summed E-state index contributed by atoms with van der Waals surface area (Å²) in [5.41, 5.74) is 0. The van der Waals surface area contributed by atoms with E-state index < -0.39 is 0 Å². The van der Waals surface area contributed by atoms with E-state index in [0.717, 1.165) is 0 Å². The van der Waals surface area contributed by atoms with Crippen LogP contribution in [0.1, 0.15) is 1.43 Å². The van der Waals surface area contributed by atoms with Crippen molar-refractivity contribution in [3.05, 3.63) is 0 Å². The zero-order chi connectivity index (χ0) is 0. The Kier molecular flexibility index (Phi) is 116. The first-order chi connectivity index (χ1) is 0. The average molecular weight is 393 g/mol. The molecular weight excluding hydrogens is 390 g/mol. The molecule has 0 fully saturated rings. The fourth-order valence-electron chi connectivity index (χ4n) is 0. The summed E-state index contributed by atoms with van der Waals surface area (Å²) in [5, 5.41) is 0. The minimum absolute atomic E-state index is 0. The van der Waals surface area contributed by atoms with Crippen LogP contribution in [0.5, 0.6) is 0 Å². The van der Waals surface area contributed by atoms with E-state index in [2.05, 4.69) is 0 Å². The molecule has 4 radical (unpaired) electrons. The maximum absolute atomic E-state index is 0. The zero-order valence-electron chi connectivity index (χ0n) is 3.62. The van der Waals surface area contributed by atoms with E-state index in [9.17, 15) is 0 Å². The monoisotopic (exact) mass is 396 g/mol. The molecule has 0 saturated carbocycles. The second-order valence-electron chi connectivity index (χ2n) is 0. The van der Waals surface area contributed by atoms with Crippen LogP contribution < -0.4 is 18.9 Å². The molecule has 0 aromatic carbocycles. The van der Waals surface area contributed by atoms with Crippen LogP contribution >= 0.6 is 0 Å². The summed E-state index contributed by atoms with van der Waals surface area (Å²) in [5.74, 6) is 0. The van der Waals surface area contributed by atoms with E-state index in [1.54, 1.807) is 0 Å². The van der Waals surface area contributed by atoms with Gasteiger partial charge >= 0.3 is 46.2 Å². The molecule has 0 spiro atoms. The molecule has 0 amide bonds. The SMILES string of the molecule is [H-].[Li+].[PbH2].[Te].[Ti]. The van der Waals surface area contributed by atoms with Crippen molar-refractivity contribution in [3.8, 4) is 0 Å². The Hall–Kier alpha value is 3.02. The van der Waals surface area contributed by atoms with Gasteiger partial charge in [-0.1, -0.05) is 0 Å². The van der Waals surface area contributed by atoms with Crippen LogP contribution in [0.4, 0.5) is 0 Å². The van der Waals surface area contributed by atoms with Gasteiger partial charge in [0.2, 0.25) is 0 Å². The Balaban J connectivity index is 0. The average Bonchev–Trinajstić information content (AvgIpc) is 0. The molecule has 0 aromatic rings. The summed E-state index contributed by atoms with van der Waals surface area (Å²) in [7, 11) is 0. The van der Waals surface area contributed by atoms with Crippen LogP contribution in [-0.4, -0.2) is 51.0 Å². The Morgan fingerprint density at radius 3 is 1.25 bits per heavy atom. The fraction of sp³-hybridized carbons (Fsp3) is 0. The molecule has 0 nitrogen and oxygen atoms in total. The molecule has 0 rings (SSSR count). The largest absolute Gasteiger partial charge is 0 e. The van der Waals surface area contributed by atoms with E-state index in [1.807, 2.05) is 0 Å². The van der Waals surface area contributed by atoms with Gasteiger partial charge in [0.25, 0.3) is 0 Å². The zero-order valence-corrected chi connectivity index (χ0v) is 12.0. The molecule has 0 aliphatic carbocycles. The summed E-state index contributed by atoms with van der Waals surface area (Å²) in [4.78, 5) is 0. The van der Waals surface area contributed by atoms with Crippen molar-refractivity contribution in [2.75, 3.05) is 0 Å². The molecule has 0 unspecified atom stereocenters. The molecule has 0 bridgehead atoms. The minimum atomic E-state index is 0. The van der Waals surface area contributed by atoms with Crippen LogP contribution in [0.2, 0.25) is 0 Å². The van der Waals surface area contributed by atoms with Crippen molar-refractivity contribution in [2.45, 2.75) is 0 Å². The number of hydrogen-bond acceptors (Lipinski definition) is 0. The molecule has 0 atom stereocenters. The molecule has 4 heavy (non-hydrogen) atoms. The van der Waals surface area contributed by atoms with Gasteiger partial charge in [-0.3, -0.25) is 0 Å². The molecule has 18 valence electrons. The summed E-state index contributed by atoms with van der Waals surface area (Å²) in [6.07, 6.45) is 0.